The van der Waals surface area contributed by atoms with Crippen LogP contribution < -0.4 is 0 Å². The molecule has 78 valence electrons. The zero-order valence-electron chi connectivity index (χ0n) is 7.97. The number of ether oxygens (including phenoxy) is 1. The van der Waals surface area contributed by atoms with E-state index in [1.54, 1.807) is 13.1 Å². The van der Waals surface area contributed by atoms with Gasteiger partial charge in [0.15, 0.2) is 0 Å². The average Bonchev–Trinajstić information content (AvgIpc) is 2.89. The van der Waals surface area contributed by atoms with E-state index >= 15 is 0 Å². The van der Waals surface area contributed by atoms with Gasteiger partial charge >= 0.3 is 5.97 Å². The van der Waals surface area contributed by atoms with Crippen molar-refractivity contribution >= 4 is 28.6 Å². The SMILES string of the molecule is CCOC(=O)c1nc(-c2nccs2)cs1. The maximum atomic E-state index is 11.3. The lowest BCUT2D eigenvalue weighted by atomic mass is 10.5. The molecule has 0 unspecified atom stereocenters. The summed E-state index contributed by atoms with van der Waals surface area (Å²) in [6, 6.07) is 0. The van der Waals surface area contributed by atoms with Crippen molar-refractivity contribution in [1.82, 2.24) is 9.97 Å². The van der Waals surface area contributed by atoms with Crippen LogP contribution in [0.15, 0.2) is 17.0 Å². The first-order chi connectivity index (χ1) is 7.31. The molecule has 0 radical (unpaired) electrons. The fourth-order valence-electron chi connectivity index (χ4n) is 1.01. The largest absolute Gasteiger partial charge is 0.461 e. The Morgan fingerprint density at radius 1 is 1.53 bits per heavy atom. The molecule has 0 aliphatic rings. The second-order valence-corrected chi connectivity index (χ2v) is 4.35. The summed E-state index contributed by atoms with van der Waals surface area (Å²) in [4.78, 5) is 19.6. The van der Waals surface area contributed by atoms with Crippen LogP contribution in [0.4, 0.5) is 0 Å². The summed E-state index contributed by atoms with van der Waals surface area (Å²) >= 11 is 2.77. The van der Waals surface area contributed by atoms with Crippen molar-refractivity contribution in [3.8, 4) is 10.7 Å². The first kappa shape index (κ1) is 10.3. The lowest BCUT2D eigenvalue weighted by Crippen LogP contribution is -2.03. The normalized spacial score (nSPS) is 10.2. The van der Waals surface area contributed by atoms with Crippen molar-refractivity contribution in [2.24, 2.45) is 0 Å². The van der Waals surface area contributed by atoms with E-state index in [2.05, 4.69) is 9.97 Å². The molecule has 15 heavy (non-hydrogen) atoms. The highest BCUT2D eigenvalue weighted by Gasteiger charge is 2.13. The Morgan fingerprint density at radius 3 is 3.07 bits per heavy atom. The van der Waals surface area contributed by atoms with E-state index in [0.717, 1.165) is 10.7 Å². The number of aromatic nitrogens is 2. The van der Waals surface area contributed by atoms with E-state index in [1.165, 1.54) is 22.7 Å². The van der Waals surface area contributed by atoms with Gasteiger partial charge in [0.25, 0.3) is 0 Å². The Hall–Kier alpha value is -1.27. The fourth-order valence-corrected chi connectivity index (χ4v) is 2.37. The highest BCUT2D eigenvalue weighted by Crippen LogP contribution is 2.23. The van der Waals surface area contributed by atoms with E-state index < -0.39 is 0 Å². The maximum Gasteiger partial charge on any atom is 0.367 e. The van der Waals surface area contributed by atoms with Gasteiger partial charge in [-0.2, -0.15) is 0 Å². The summed E-state index contributed by atoms with van der Waals surface area (Å²) in [5.41, 5.74) is 0.734. The number of carbonyl (C=O) groups excluding carboxylic acids is 1. The summed E-state index contributed by atoms with van der Waals surface area (Å²) in [7, 11) is 0. The molecular formula is C9H8N2O2S2. The van der Waals surface area contributed by atoms with Crippen molar-refractivity contribution in [2.75, 3.05) is 6.61 Å². The Kier molecular flexibility index (Phi) is 3.08. The molecule has 0 N–H and O–H groups in total. The third-order valence-corrected chi connectivity index (χ3v) is 3.22. The topological polar surface area (TPSA) is 52.1 Å². The number of rotatable bonds is 3. The summed E-state index contributed by atoms with van der Waals surface area (Å²) in [5, 5.41) is 4.88. The van der Waals surface area contributed by atoms with Gasteiger partial charge in [-0.05, 0) is 6.92 Å². The zero-order chi connectivity index (χ0) is 10.7. The molecule has 0 spiro atoms. The summed E-state index contributed by atoms with van der Waals surface area (Å²) in [6.07, 6.45) is 1.71. The van der Waals surface area contributed by atoms with Crippen LogP contribution in [0.3, 0.4) is 0 Å². The summed E-state index contributed by atoms with van der Waals surface area (Å²) in [6.45, 7) is 2.14. The molecule has 6 heteroatoms. The number of hydrogen-bond donors (Lipinski definition) is 0. The van der Waals surface area contributed by atoms with Gasteiger partial charge in [0, 0.05) is 17.0 Å². The Morgan fingerprint density at radius 2 is 2.40 bits per heavy atom. The number of hydrogen-bond acceptors (Lipinski definition) is 6. The Labute approximate surface area is 94.6 Å². The number of thiazole rings is 2. The van der Waals surface area contributed by atoms with Crippen molar-refractivity contribution in [1.29, 1.82) is 0 Å². The Bertz CT molecular complexity index is 450. The van der Waals surface area contributed by atoms with Crippen LogP contribution in [0.5, 0.6) is 0 Å². The number of nitrogens with zero attached hydrogens (tertiary/aromatic N) is 2. The van der Waals surface area contributed by atoms with Gasteiger partial charge in [0.1, 0.15) is 10.7 Å². The fraction of sp³-hybridized carbons (Fsp3) is 0.222. The minimum absolute atomic E-state index is 0.366. The first-order valence-electron chi connectivity index (χ1n) is 4.33. The molecule has 4 nitrogen and oxygen atoms in total. The quantitative estimate of drug-likeness (QED) is 0.773. The molecule has 0 amide bonds. The van der Waals surface area contributed by atoms with Gasteiger partial charge in [-0.15, -0.1) is 22.7 Å². The molecule has 0 bridgehead atoms. The molecule has 0 aliphatic heterocycles. The van der Waals surface area contributed by atoms with E-state index in [0.29, 0.717) is 11.6 Å². The number of carbonyl (C=O) groups is 1. The van der Waals surface area contributed by atoms with Gasteiger partial charge in [-0.25, -0.2) is 14.8 Å². The van der Waals surface area contributed by atoms with Crippen LogP contribution in [-0.2, 0) is 4.74 Å². The third kappa shape index (κ3) is 2.21. The smallest absolute Gasteiger partial charge is 0.367 e. The lowest BCUT2D eigenvalue weighted by molar-refractivity contribution is 0.0526. The van der Waals surface area contributed by atoms with Gasteiger partial charge in [-0.1, -0.05) is 0 Å². The second kappa shape index (κ2) is 4.50. The van der Waals surface area contributed by atoms with Gasteiger partial charge in [0.05, 0.1) is 6.61 Å². The van der Waals surface area contributed by atoms with Crippen LogP contribution in [0.1, 0.15) is 16.7 Å². The molecule has 0 fully saturated rings. The van der Waals surface area contributed by atoms with Crippen molar-refractivity contribution < 1.29 is 9.53 Å². The van der Waals surface area contributed by atoms with Crippen LogP contribution in [0.2, 0.25) is 0 Å². The third-order valence-electron chi connectivity index (χ3n) is 1.61. The molecular weight excluding hydrogens is 232 g/mol. The van der Waals surface area contributed by atoms with Gasteiger partial charge < -0.3 is 4.74 Å². The summed E-state index contributed by atoms with van der Waals surface area (Å²) < 4.78 is 4.85. The van der Waals surface area contributed by atoms with E-state index in [1.807, 2.05) is 10.8 Å². The van der Waals surface area contributed by atoms with Crippen molar-refractivity contribution in [3.63, 3.8) is 0 Å². The highest BCUT2D eigenvalue weighted by molar-refractivity contribution is 7.14. The molecule has 0 saturated carbocycles. The van der Waals surface area contributed by atoms with Gasteiger partial charge in [-0.3, -0.25) is 0 Å². The van der Waals surface area contributed by atoms with Crippen molar-refractivity contribution in [2.45, 2.75) is 6.92 Å². The predicted octanol–water partition coefficient (Wildman–Crippen LogP) is 2.44. The minimum atomic E-state index is -0.370. The van der Waals surface area contributed by atoms with Crippen LogP contribution in [0.25, 0.3) is 10.7 Å². The summed E-state index contributed by atoms with van der Waals surface area (Å²) in [5.74, 6) is -0.370. The maximum absolute atomic E-state index is 11.3. The lowest BCUT2D eigenvalue weighted by Gasteiger charge is -1.95. The van der Waals surface area contributed by atoms with Crippen LogP contribution in [-0.4, -0.2) is 22.5 Å². The molecule has 0 aliphatic carbocycles. The van der Waals surface area contributed by atoms with E-state index in [-0.39, 0.29) is 5.97 Å². The second-order valence-electron chi connectivity index (χ2n) is 2.60. The molecule has 0 atom stereocenters. The molecule has 0 saturated heterocycles. The molecule has 0 aromatic carbocycles. The molecule has 2 aromatic rings. The first-order valence-corrected chi connectivity index (χ1v) is 6.09. The van der Waals surface area contributed by atoms with E-state index in [9.17, 15) is 4.79 Å². The zero-order valence-corrected chi connectivity index (χ0v) is 9.60. The number of esters is 1. The monoisotopic (exact) mass is 240 g/mol. The van der Waals surface area contributed by atoms with Crippen LogP contribution >= 0.6 is 22.7 Å². The highest BCUT2D eigenvalue weighted by atomic mass is 32.1. The van der Waals surface area contributed by atoms with Gasteiger partial charge in [0.2, 0.25) is 5.01 Å². The van der Waals surface area contributed by atoms with Crippen molar-refractivity contribution in [3.05, 3.63) is 22.0 Å². The minimum Gasteiger partial charge on any atom is -0.461 e. The molecule has 2 heterocycles. The average molecular weight is 240 g/mol. The van der Waals surface area contributed by atoms with Crippen LogP contribution in [0, 0.1) is 0 Å². The molecule has 2 aromatic heterocycles. The standard InChI is InChI=1S/C9H8N2O2S2/c1-2-13-9(12)8-11-6(5-15-8)7-10-3-4-14-7/h3-5H,2H2,1H3. The predicted molar refractivity (Wildman–Crippen MR) is 59.2 cm³/mol. The Balaban J connectivity index is 2.21. The molecule has 2 rings (SSSR count). The van der Waals surface area contributed by atoms with E-state index in [4.69, 9.17) is 4.74 Å².